The zero-order valence-corrected chi connectivity index (χ0v) is 12.5. The van der Waals surface area contributed by atoms with Gasteiger partial charge in [-0.3, -0.25) is 0 Å². The molecule has 0 spiro atoms. The molecule has 16 heavy (non-hydrogen) atoms. The topological polar surface area (TPSA) is 3.24 Å². The van der Waals surface area contributed by atoms with Gasteiger partial charge in [0.25, 0.3) is 0 Å². The summed E-state index contributed by atoms with van der Waals surface area (Å²) in [6.45, 7) is 7.66. The second-order valence-corrected chi connectivity index (χ2v) is 4.88. The van der Waals surface area contributed by atoms with Crippen LogP contribution < -0.4 is 4.90 Å². The normalized spacial score (nSPS) is 12.6. The Morgan fingerprint density at radius 2 is 2.06 bits per heavy atom. The van der Waals surface area contributed by atoms with Crippen molar-refractivity contribution in [1.82, 2.24) is 0 Å². The average Bonchev–Trinajstić information content (AvgIpc) is 2.30. The van der Waals surface area contributed by atoms with E-state index in [4.69, 9.17) is 11.6 Å². The van der Waals surface area contributed by atoms with E-state index in [-0.39, 0.29) is 0 Å². The molecule has 0 N–H and O–H groups in total. The summed E-state index contributed by atoms with van der Waals surface area (Å²) in [7, 11) is 0. The van der Waals surface area contributed by atoms with Crippen molar-refractivity contribution in [2.24, 2.45) is 0 Å². The van der Waals surface area contributed by atoms with Crippen molar-refractivity contribution in [3.05, 3.63) is 28.8 Å². The molecule has 1 aromatic carbocycles. The molecule has 0 aliphatic heterocycles. The SMILES string of the molecule is CCC(C)N(CC)c1cccc(Cl)c1CBr. The molecule has 90 valence electrons. The lowest BCUT2D eigenvalue weighted by atomic mass is 10.1. The van der Waals surface area contributed by atoms with Crippen LogP contribution in [0.2, 0.25) is 5.02 Å². The first-order valence-electron chi connectivity index (χ1n) is 5.75. The van der Waals surface area contributed by atoms with E-state index in [0.29, 0.717) is 6.04 Å². The Hall–Kier alpha value is -0.210. The zero-order chi connectivity index (χ0) is 12.1. The van der Waals surface area contributed by atoms with Gasteiger partial charge >= 0.3 is 0 Å². The van der Waals surface area contributed by atoms with Gasteiger partial charge in [-0.15, -0.1) is 0 Å². The molecule has 3 heteroatoms. The van der Waals surface area contributed by atoms with Crippen LogP contribution in [0.15, 0.2) is 18.2 Å². The molecule has 0 bridgehead atoms. The van der Waals surface area contributed by atoms with Gasteiger partial charge in [0.2, 0.25) is 0 Å². The second kappa shape index (κ2) is 6.51. The number of nitrogens with zero attached hydrogens (tertiary/aromatic N) is 1. The highest BCUT2D eigenvalue weighted by Crippen LogP contribution is 2.31. The fraction of sp³-hybridized carbons (Fsp3) is 0.538. The molecular weight excluding hydrogens is 286 g/mol. The van der Waals surface area contributed by atoms with Crippen molar-refractivity contribution in [3.63, 3.8) is 0 Å². The number of hydrogen-bond donors (Lipinski definition) is 0. The summed E-state index contributed by atoms with van der Waals surface area (Å²) in [5.74, 6) is 0. The summed E-state index contributed by atoms with van der Waals surface area (Å²) in [6, 6.07) is 6.67. The minimum absolute atomic E-state index is 0.543. The molecule has 1 nitrogen and oxygen atoms in total. The minimum Gasteiger partial charge on any atom is -0.369 e. The predicted octanol–water partition coefficient (Wildman–Crippen LogP) is 4.86. The second-order valence-electron chi connectivity index (χ2n) is 3.91. The first kappa shape index (κ1) is 13.9. The third-order valence-electron chi connectivity index (χ3n) is 3.00. The summed E-state index contributed by atoms with van der Waals surface area (Å²) < 4.78 is 0. The average molecular weight is 305 g/mol. The number of benzene rings is 1. The number of anilines is 1. The third kappa shape index (κ3) is 2.92. The maximum atomic E-state index is 6.22. The summed E-state index contributed by atoms with van der Waals surface area (Å²) >= 11 is 9.74. The molecule has 0 fully saturated rings. The van der Waals surface area contributed by atoms with Crippen LogP contribution in [-0.2, 0) is 5.33 Å². The largest absolute Gasteiger partial charge is 0.369 e. The van der Waals surface area contributed by atoms with E-state index in [1.165, 1.54) is 11.3 Å². The molecule has 1 unspecified atom stereocenters. The molecule has 0 radical (unpaired) electrons. The number of alkyl halides is 1. The highest BCUT2D eigenvalue weighted by Gasteiger charge is 2.15. The van der Waals surface area contributed by atoms with E-state index in [0.717, 1.165) is 23.3 Å². The lowest BCUT2D eigenvalue weighted by Gasteiger charge is -2.31. The Bertz CT molecular complexity index is 341. The van der Waals surface area contributed by atoms with E-state index < -0.39 is 0 Å². The Labute approximate surface area is 112 Å². The van der Waals surface area contributed by atoms with E-state index in [1.54, 1.807) is 0 Å². The molecular formula is C13H19BrClN. The van der Waals surface area contributed by atoms with Crippen molar-refractivity contribution in [1.29, 1.82) is 0 Å². The van der Waals surface area contributed by atoms with Crippen LogP contribution >= 0.6 is 27.5 Å². The maximum Gasteiger partial charge on any atom is 0.0467 e. The smallest absolute Gasteiger partial charge is 0.0467 e. The molecule has 0 aromatic heterocycles. The first-order chi connectivity index (χ1) is 7.65. The molecule has 0 aliphatic carbocycles. The van der Waals surface area contributed by atoms with Gasteiger partial charge in [-0.25, -0.2) is 0 Å². The van der Waals surface area contributed by atoms with Crippen LogP contribution in [0.5, 0.6) is 0 Å². The Morgan fingerprint density at radius 3 is 2.56 bits per heavy atom. The minimum atomic E-state index is 0.543. The quantitative estimate of drug-likeness (QED) is 0.702. The molecule has 0 heterocycles. The lowest BCUT2D eigenvalue weighted by molar-refractivity contribution is 0.628. The van der Waals surface area contributed by atoms with Gasteiger partial charge in [0.1, 0.15) is 0 Å². The van der Waals surface area contributed by atoms with Crippen molar-refractivity contribution < 1.29 is 0 Å². The van der Waals surface area contributed by atoms with Crippen LogP contribution in [-0.4, -0.2) is 12.6 Å². The highest BCUT2D eigenvalue weighted by atomic mass is 79.9. The molecule has 1 rings (SSSR count). The zero-order valence-electron chi connectivity index (χ0n) is 10.1. The van der Waals surface area contributed by atoms with Crippen LogP contribution in [0, 0.1) is 0 Å². The summed E-state index contributed by atoms with van der Waals surface area (Å²) in [5, 5.41) is 1.64. The van der Waals surface area contributed by atoms with E-state index in [2.05, 4.69) is 47.7 Å². The highest BCUT2D eigenvalue weighted by molar-refractivity contribution is 9.08. The Balaban J connectivity index is 3.14. The van der Waals surface area contributed by atoms with Crippen LogP contribution in [0.25, 0.3) is 0 Å². The van der Waals surface area contributed by atoms with Crippen molar-refractivity contribution in [2.45, 2.75) is 38.6 Å². The van der Waals surface area contributed by atoms with Crippen LogP contribution in [0.1, 0.15) is 32.8 Å². The van der Waals surface area contributed by atoms with Gasteiger partial charge in [0.05, 0.1) is 0 Å². The van der Waals surface area contributed by atoms with Gasteiger partial charge in [0.15, 0.2) is 0 Å². The molecule has 0 saturated carbocycles. The summed E-state index contributed by atoms with van der Waals surface area (Å²) in [4.78, 5) is 2.41. The van der Waals surface area contributed by atoms with Crippen molar-refractivity contribution in [2.75, 3.05) is 11.4 Å². The molecule has 1 atom stereocenters. The first-order valence-corrected chi connectivity index (χ1v) is 7.25. The monoisotopic (exact) mass is 303 g/mol. The fourth-order valence-electron chi connectivity index (χ4n) is 1.89. The predicted molar refractivity (Wildman–Crippen MR) is 76.9 cm³/mol. The molecule has 0 saturated heterocycles. The lowest BCUT2D eigenvalue weighted by Crippen LogP contribution is -2.33. The summed E-state index contributed by atoms with van der Waals surface area (Å²) in [6.07, 6.45) is 1.14. The van der Waals surface area contributed by atoms with E-state index >= 15 is 0 Å². The van der Waals surface area contributed by atoms with Crippen molar-refractivity contribution in [3.8, 4) is 0 Å². The van der Waals surface area contributed by atoms with Crippen molar-refractivity contribution >= 4 is 33.2 Å². The number of rotatable bonds is 5. The maximum absolute atomic E-state index is 6.22. The Morgan fingerprint density at radius 1 is 1.38 bits per heavy atom. The molecule has 1 aromatic rings. The van der Waals surface area contributed by atoms with Crippen LogP contribution in [0.4, 0.5) is 5.69 Å². The molecule has 0 amide bonds. The van der Waals surface area contributed by atoms with Gasteiger partial charge in [-0.2, -0.15) is 0 Å². The van der Waals surface area contributed by atoms with Gasteiger partial charge in [-0.1, -0.05) is 40.5 Å². The van der Waals surface area contributed by atoms with E-state index in [9.17, 15) is 0 Å². The van der Waals surface area contributed by atoms with Gasteiger partial charge in [-0.05, 0) is 32.4 Å². The summed E-state index contributed by atoms with van der Waals surface area (Å²) in [5.41, 5.74) is 2.44. The standard InChI is InChI=1S/C13H19BrClN/c1-4-10(3)16(5-2)13-8-6-7-12(15)11(13)9-14/h6-8,10H,4-5,9H2,1-3H3. The fourth-order valence-corrected chi connectivity index (χ4v) is 2.88. The molecule has 0 aliphatic rings. The number of hydrogen-bond acceptors (Lipinski definition) is 1. The van der Waals surface area contributed by atoms with Gasteiger partial charge in [0, 0.05) is 34.2 Å². The Kier molecular flexibility index (Phi) is 5.63. The third-order valence-corrected chi connectivity index (χ3v) is 3.92. The number of halogens is 2. The van der Waals surface area contributed by atoms with Gasteiger partial charge < -0.3 is 4.90 Å². The van der Waals surface area contributed by atoms with E-state index in [1.807, 2.05) is 12.1 Å². The van der Waals surface area contributed by atoms with Crippen LogP contribution in [0.3, 0.4) is 0 Å².